The molecular formula is C14H27NO. The van der Waals surface area contributed by atoms with Gasteiger partial charge in [-0.15, -0.1) is 0 Å². The lowest BCUT2D eigenvalue weighted by Gasteiger charge is -2.45. The molecule has 2 nitrogen and oxygen atoms in total. The van der Waals surface area contributed by atoms with Crippen LogP contribution in [0.25, 0.3) is 0 Å². The van der Waals surface area contributed by atoms with E-state index in [0.717, 1.165) is 19.1 Å². The molecule has 2 heteroatoms. The van der Waals surface area contributed by atoms with Crippen LogP contribution in [0.15, 0.2) is 0 Å². The molecule has 2 atom stereocenters. The molecule has 2 aliphatic rings. The first kappa shape index (κ1) is 12.4. The highest BCUT2D eigenvalue weighted by atomic mass is 16.5. The van der Waals surface area contributed by atoms with Crippen LogP contribution in [-0.4, -0.2) is 24.8 Å². The van der Waals surface area contributed by atoms with E-state index in [1.54, 1.807) is 0 Å². The molecule has 1 aliphatic heterocycles. The zero-order valence-corrected chi connectivity index (χ0v) is 10.9. The van der Waals surface area contributed by atoms with Crippen molar-refractivity contribution in [3.63, 3.8) is 0 Å². The Hall–Kier alpha value is -0.0800. The third-order valence-electron chi connectivity index (χ3n) is 4.51. The summed E-state index contributed by atoms with van der Waals surface area (Å²) in [6.07, 6.45) is 9.43. The van der Waals surface area contributed by atoms with Gasteiger partial charge in [-0.2, -0.15) is 0 Å². The lowest BCUT2D eigenvalue weighted by molar-refractivity contribution is -0.120. The Labute approximate surface area is 100 Å². The van der Waals surface area contributed by atoms with E-state index in [9.17, 15) is 0 Å². The fourth-order valence-corrected chi connectivity index (χ4v) is 3.55. The summed E-state index contributed by atoms with van der Waals surface area (Å²) in [4.78, 5) is 0. The fraction of sp³-hybridized carbons (Fsp3) is 1.00. The monoisotopic (exact) mass is 225 g/mol. The van der Waals surface area contributed by atoms with Crippen LogP contribution in [0.1, 0.15) is 58.8 Å². The average molecular weight is 225 g/mol. The fourth-order valence-electron chi connectivity index (χ4n) is 3.55. The van der Waals surface area contributed by atoms with E-state index in [4.69, 9.17) is 4.74 Å². The van der Waals surface area contributed by atoms with E-state index in [1.807, 2.05) is 0 Å². The van der Waals surface area contributed by atoms with Gasteiger partial charge in [0.25, 0.3) is 0 Å². The molecule has 0 radical (unpaired) electrons. The number of nitrogens with one attached hydrogen (secondary N) is 1. The first-order chi connectivity index (χ1) is 7.74. The highest BCUT2D eigenvalue weighted by Crippen LogP contribution is 2.40. The van der Waals surface area contributed by atoms with Crippen LogP contribution in [0.5, 0.6) is 0 Å². The molecule has 16 heavy (non-hydrogen) atoms. The van der Waals surface area contributed by atoms with Crippen molar-refractivity contribution in [2.75, 3.05) is 13.2 Å². The lowest BCUT2D eigenvalue weighted by atomic mass is 9.73. The molecule has 0 aromatic carbocycles. The largest absolute Gasteiger partial charge is 0.375 e. The second-order valence-electron chi connectivity index (χ2n) is 5.74. The number of hydrogen-bond donors (Lipinski definition) is 1. The van der Waals surface area contributed by atoms with Crippen molar-refractivity contribution in [1.82, 2.24) is 5.32 Å². The van der Waals surface area contributed by atoms with Crippen LogP contribution in [0, 0.1) is 5.92 Å². The van der Waals surface area contributed by atoms with Crippen LogP contribution in [-0.2, 0) is 4.74 Å². The normalized spacial score (nSPS) is 37.5. The molecule has 1 saturated heterocycles. The van der Waals surface area contributed by atoms with E-state index in [-0.39, 0.29) is 5.60 Å². The van der Waals surface area contributed by atoms with Crippen molar-refractivity contribution < 1.29 is 4.74 Å². The van der Waals surface area contributed by atoms with E-state index >= 15 is 0 Å². The summed E-state index contributed by atoms with van der Waals surface area (Å²) in [5.74, 6) is 0.808. The van der Waals surface area contributed by atoms with Crippen molar-refractivity contribution in [2.45, 2.75) is 70.4 Å². The van der Waals surface area contributed by atoms with E-state index in [0.29, 0.717) is 6.04 Å². The first-order valence-corrected chi connectivity index (χ1v) is 7.12. The van der Waals surface area contributed by atoms with Gasteiger partial charge in [-0.3, -0.25) is 0 Å². The highest BCUT2D eigenvalue weighted by Gasteiger charge is 2.40. The Bertz CT molecular complexity index is 211. The summed E-state index contributed by atoms with van der Waals surface area (Å²) in [7, 11) is 0. The molecule has 0 bridgehead atoms. The zero-order valence-electron chi connectivity index (χ0n) is 10.9. The van der Waals surface area contributed by atoms with Gasteiger partial charge < -0.3 is 10.1 Å². The van der Waals surface area contributed by atoms with Crippen molar-refractivity contribution in [3.8, 4) is 0 Å². The van der Waals surface area contributed by atoms with E-state index < -0.39 is 0 Å². The van der Waals surface area contributed by atoms with Gasteiger partial charge in [0.15, 0.2) is 0 Å². The van der Waals surface area contributed by atoms with Gasteiger partial charge in [0.05, 0.1) is 5.60 Å². The molecule has 0 aromatic heterocycles. The maximum absolute atomic E-state index is 6.14. The SMILES string of the molecule is CCNC1CCOC(C)(C2CCCCC2)C1. The van der Waals surface area contributed by atoms with Crippen LogP contribution in [0.3, 0.4) is 0 Å². The maximum atomic E-state index is 6.14. The molecule has 2 rings (SSSR count). The minimum absolute atomic E-state index is 0.158. The van der Waals surface area contributed by atoms with Gasteiger partial charge in [-0.1, -0.05) is 26.2 Å². The Morgan fingerprint density at radius 1 is 1.19 bits per heavy atom. The summed E-state index contributed by atoms with van der Waals surface area (Å²) in [5, 5.41) is 3.60. The Morgan fingerprint density at radius 2 is 1.94 bits per heavy atom. The zero-order chi connectivity index (χ0) is 11.4. The number of hydrogen-bond acceptors (Lipinski definition) is 2. The van der Waals surface area contributed by atoms with Crippen LogP contribution < -0.4 is 5.32 Å². The maximum Gasteiger partial charge on any atom is 0.0697 e. The summed E-state index contributed by atoms with van der Waals surface area (Å²) in [5.41, 5.74) is 0.158. The standard InChI is InChI=1S/C14H27NO/c1-3-15-13-9-10-16-14(2,11-13)12-7-5-4-6-8-12/h12-13,15H,3-11H2,1-2H3. The summed E-state index contributed by atoms with van der Waals surface area (Å²) in [6, 6.07) is 0.686. The summed E-state index contributed by atoms with van der Waals surface area (Å²) in [6.45, 7) is 6.59. The van der Waals surface area contributed by atoms with Gasteiger partial charge >= 0.3 is 0 Å². The van der Waals surface area contributed by atoms with Gasteiger partial charge in [0.2, 0.25) is 0 Å². The average Bonchev–Trinajstić information content (AvgIpc) is 2.31. The van der Waals surface area contributed by atoms with Crippen molar-refractivity contribution >= 4 is 0 Å². The van der Waals surface area contributed by atoms with Crippen molar-refractivity contribution in [1.29, 1.82) is 0 Å². The quantitative estimate of drug-likeness (QED) is 0.797. The molecule has 1 heterocycles. The number of ether oxygens (including phenoxy) is 1. The van der Waals surface area contributed by atoms with Crippen LogP contribution in [0.4, 0.5) is 0 Å². The topological polar surface area (TPSA) is 21.3 Å². The van der Waals surface area contributed by atoms with Crippen molar-refractivity contribution in [3.05, 3.63) is 0 Å². The molecule has 1 aliphatic carbocycles. The molecule has 0 amide bonds. The third kappa shape index (κ3) is 2.78. The van der Waals surface area contributed by atoms with Gasteiger partial charge in [0.1, 0.15) is 0 Å². The van der Waals surface area contributed by atoms with Crippen LogP contribution >= 0.6 is 0 Å². The molecule has 94 valence electrons. The second-order valence-corrected chi connectivity index (χ2v) is 5.74. The highest BCUT2D eigenvalue weighted by molar-refractivity contribution is 4.92. The van der Waals surface area contributed by atoms with Crippen LogP contribution in [0.2, 0.25) is 0 Å². The van der Waals surface area contributed by atoms with E-state index in [2.05, 4.69) is 19.2 Å². The molecule has 1 saturated carbocycles. The Balaban J connectivity index is 1.93. The molecule has 0 aromatic rings. The van der Waals surface area contributed by atoms with Gasteiger partial charge in [-0.05, 0) is 45.1 Å². The first-order valence-electron chi connectivity index (χ1n) is 7.12. The predicted molar refractivity (Wildman–Crippen MR) is 67.6 cm³/mol. The van der Waals surface area contributed by atoms with Gasteiger partial charge in [0, 0.05) is 12.6 Å². The Morgan fingerprint density at radius 3 is 2.62 bits per heavy atom. The molecule has 2 unspecified atom stereocenters. The molecular weight excluding hydrogens is 198 g/mol. The summed E-state index contributed by atoms with van der Waals surface area (Å²) < 4.78 is 6.14. The Kier molecular flexibility index (Phi) is 4.26. The minimum atomic E-state index is 0.158. The molecule has 0 spiro atoms. The minimum Gasteiger partial charge on any atom is -0.375 e. The van der Waals surface area contributed by atoms with Crippen molar-refractivity contribution in [2.24, 2.45) is 5.92 Å². The molecule has 2 fully saturated rings. The second kappa shape index (κ2) is 5.50. The predicted octanol–water partition coefficient (Wildman–Crippen LogP) is 3.11. The van der Waals surface area contributed by atoms with Gasteiger partial charge in [-0.25, -0.2) is 0 Å². The molecule has 1 N–H and O–H groups in total. The third-order valence-corrected chi connectivity index (χ3v) is 4.51. The van der Waals surface area contributed by atoms with E-state index in [1.165, 1.54) is 44.9 Å². The smallest absolute Gasteiger partial charge is 0.0697 e. The lowest BCUT2D eigenvalue weighted by Crippen LogP contribution is -2.49. The summed E-state index contributed by atoms with van der Waals surface area (Å²) >= 11 is 0. The number of rotatable bonds is 3.